The number of piperidine rings is 2. The van der Waals surface area contributed by atoms with Gasteiger partial charge < -0.3 is 15.1 Å². The van der Waals surface area contributed by atoms with Gasteiger partial charge >= 0.3 is 0 Å². The van der Waals surface area contributed by atoms with Crippen LogP contribution < -0.4 is 5.32 Å². The number of benzene rings is 3. The summed E-state index contributed by atoms with van der Waals surface area (Å²) in [4.78, 5) is 29.4. The van der Waals surface area contributed by atoms with Gasteiger partial charge in [0.05, 0.1) is 15.6 Å². The molecule has 0 aromatic heterocycles. The lowest BCUT2D eigenvalue weighted by Crippen LogP contribution is -2.51. The van der Waals surface area contributed by atoms with E-state index in [4.69, 9.17) is 23.2 Å². The zero-order chi connectivity index (χ0) is 28.0. The molecule has 1 N–H and O–H groups in total. The molecule has 2 saturated heterocycles. The number of hydrogen-bond acceptors (Lipinski definition) is 3. The molecule has 1 unspecified atom stereocenters. The van der Waals surface area contributed by atoms with Crippen LogP contribution in [0, 0.1) is 0 Å². The average molecular weight is 579 g/mol. The minimum Gasteiger partial charge on any atom is -0.349 e. The van der Waals surface area contributed by atoms with Crippen LogP contribution in [0.4, 0.5) is 0 Å². The topological polar surface area (TPSA) is 52.7 Å². The van der Waals surface area contributed by atoms with Crippen LogP contribution in [0.25, 0.3) is 0 Å². The van der Waals surface area contributed by atoms with Crippen molar-refractivity contribution < 1.29 is 9.59 Å². The first-order valence-corrected chi connectivity index (χ1v) is 15.0. The Morgan fingerprint density at radius 1 is 0.850 bits per heavy atom. The van der Waals surface area contributed by atoms with Crippen LogP contribution in [0.3, 0.4) is 0 Å². The van der Waals surface area contributed by atoms with Gasteiger partial charge in [-0.3, -0.25) is 9.59 Å². The molecule has 2 aliphatic rings. The Morgan fingerprint density at radius 2 is 1.55 bits per heavy atom. The third kappa shape index (κ3) is 6.22. The quantitative estimate of drug-likeness (QED) is 0.288. The highest BCUT2D eigenvalue weighted by Crippen LogP contribution is 2.41. The monoisotopic (exact) mass is 577 g/mol. The summed E-state index contributed by atoms with van der Waals surface area (Å²) < 4.78 is 0. The Balaban J connectivity index is 1.28. The number of likely N-dealkylation sites (tertiary alicyclic amines) is 2. The van der Waals surface area contributed by atoms with E-state index in [1.807, 2.05) is 65.6 Å². The van der Waals surface area contributed by atoms with Gasteiger partial charge in [-0.05, 0) is 80.5 Å². The van der Waals surface area contributed by atoms with E-state index in [0.29, 0.717) is 16.6 Å². The minimum atomic E-state index is -0.303. The number of halogens is 2. The number of amides is 2. The van der Waals surface area contributed by atoms with Gasteiger partial charge in [-0.15, -0.1) is 0 Å². The molecule has 1 atom stereocenters. The van der Waals surface area contributed by atoms with Crippen LogP contribution in [0.15, 0.2) is 78.9 Å². The van der Waals surface area contributed by atoms with Gasteiger partial charge in [0, 0.05) is 37.2 Å². The van der Waals surface area contributed by atoms with Crippen LogP contribution in [0.1, 0.15) is 60.0 Å². The first-order valence-electron chi connectivity index (χ1n) is 14.2. The zero-order valence-corrected chi connectivity index (χ0v) is 24.3. The number of rotatable bonds is 9. The third-order valence-corrected chi connectivity index (χ3v) is 9.66. The van der Waals surface area contributed by atoms with E-state index in [9.17, 15) is 9.59 Å². The Hall–Kier alpha value is -2.86. The lowest BCUT2D eigenvalue weighted by Gasteiger charge is -2.45. The molecule has 0 spiro atoms. The third-order valence-electron chi connectivity index (χ3n) is 8.92. The van der Waals surface area contributed by atoms with Crippen molar-refractivity contribution in [3.8, 4) is 0 Å². The molecule has 2 aliphatic heterocycles. The number of nitrogens with zero attached hydrogens (tertiary/aromatic N) is 2. The predicted molar refractivity (Wildman–Crippen MR) is 162 cm³/mol. The van der Waals surface area contributed by atoms with E-state index < -0.39 is 0 Å². The molecule has 5 nitrogen and oxygen atoms in total. The molecule has 0 saturated carbocycles. The molecule has 0 radical (unpaired) electrons. The molecule has 2 fully saturated rings. The Kier molecular flexibility index (Phi) is 9.14. The maximum absolute atomic E-state index is 13.4. The first-order chi connectivity index (χ1) is 19.4. The van der Waals surface area contributed by atoms with Gasteiger partial charge in [0.1, 0.15) is 0 Å². The van der Waals surface area contributed by atoms with Crippen LogP contribution in [0.5, 0.6) is 0 Å². The standard InChI is InChI=1S/C33H37Cl2N3O2/c34-29-14-13-28(23-30(29)35)32(16-8-20-38(24-32)31(40)26-9-3-1-4-10-26)15-7-19-37-21-17-33(18-22-37,36-25-39)27-11-5-2-6-12-27/h1-6,9-14,23,25H,7-8,15-22,24H2,(H,36,39). The fourth-order valence-electron chi connectivity index (χ4n) is 6.66. The van der Waals surface area contributed by atoms with Gasteiger partial charge in [0.2, 0.25) is 6.41 Å². The molecule has 0 aliphatic carbocycles. The summed E-state index contributed by atoms with van der Waals surface area (Å²) in [5, 5.41) is 4.25. The maximum Gasteiger partial charge on any atom is 0.253 e. The highest BCUT2D eigenvalue weighted by molar-refractivity contribution is 6.42. The second kappa shape index (κ2) is 12.8. The van der Waals surface area contributed by atoms with Crippen molar-refractivity contribution >= 4 is 35.5 Å². The molecule has 3 aromatic rings. The molecular formula is C33H37Cl2N3O2. The van der Waals surface area contributed by atoms with Crippen molar-refractivity contribution in [1.82, 2.24) is 15.1 Å². The summed E-state index contributed by atoms with van der Waals surface area (Å²) in [5.74, 6) is 0.0840. The van der Waals surface area contributed by atoms with Crippen LogP contribution in [-0.2, 0) is 15.7 Å². The van der Waals surface area contributed by atoms with Crippen molar-refractivity contribution in [1.29, 1.82) is 0 Å². The first kappa shape index (κ1) is 28.7. The molecule has 2 heterocycles. The molecule has 5 rings (SSSR count). The molecular weight excluding hydrogens is 541 g/mol. The number of carbonyl (C=O) groups excluding carboxylic acids is 2. The fraction of sp³-hybridized carbons (Fsp3) is 0.394. The predicted octanol–water partition coefficient (Wildman–Crippen LogP) is 6.68. The van der Waals surface area contributed by atoms with Gasteiger partial charge in [0.25, 0.3) is 5.91 Å². The Bertz CT molecular complexity index is 1300. The van der Waals surface area contributed by atoms with E-state index in [-0.39, 0.29) is 16.9 Å². The number of hydrogen-bond donors (Lipinski definition) is 1. The Morgan fingerprint density at radius 3 is 2.23 bits per heavy atom. The van der Waals surface area contributed by atoms with Crippen molar-refractivity contribution in [2.75, 3.05) is 32.7 Å². The van der Waals surface area contributed by atoms with Crippen LogP contribution in [0.2, 0.25) is 10.0 Å². The van der Waals surface area contributed by atoms with Gasteiger partial charge in [0.15, 0.2) is 0 Å². The average Bonchev–Trinajstić information content (AvgIpc) is 3.00. The van der Waals surface area contributed by atoms with Gasteiger partial charge in [-0.1, -0.05) is 77.8 Å². The highest BCUT2D eigenvalue weighted by atomic mass is 35.5. The molecule has 3 aromatic carbocycles. The van der Waals surface area contributed by atoms with E-state index in [0.717, 1.165) is 82.2 Å². The second-order valence-corrected chi connectivity index (χ2v) is 12.1. The second-order valence-electron chi connectivity index (χ2n) is 11.3. The summed E-state index contributed by atoms with van der Waals surface area (Å²) in [6, 6.07) is 25.8. The highest BCUT2D eigenvalue weighted by Gasteiger charge is 2.40. The molecule has 210 valence electrons. The molecule has 0 bridgehead atoms. The maximum atomic E-state index is 13.4. The van der Waals surface area contributed by atoms with E-state index in [2.05, 4.69) is 28.4 Å². The van der Waals surface area contributed by atoms with Gasteiger partial charge in [-0.2, -0.15) is 0 Å². The number of nitrogens with one attached hydrogen (secondary N) is 1. The summed E-state index contributed by atoms with van der Waals surface area (Å²) in [5.41, 5.74) is 2.57. The summed E-state index contributed by atoms with van der Waals surface area (Å²) in [6.45, 7) is 4.25. The van der Waals surface area contributed by atoms with Gasteiger partial charge in [-0.25, -0.2) is 0 Å². The van der Waals surface area contributed by atoms with Crippen molar-refractivity contribution in [3.63, 3.8) is 0 Å². The largest absolute Gasteiger partial charge is 0.349 e. The molecule has 40 heavy (non-hydrogen) atoms. The van der Waals surface area contributed by atoms with E-state index in [1.54, 1.807) is 0 Å². The smallest absolute Gasteiger partial charge is 0.253 e. The normalized spacial score (nSPS) is 21.1. The van der Waals surface area contributed by atoms with Crippen LogP contribution >= 0.6 is 23.2 Å². The van der Waals surface area contributed by atoms with E-state index in [1.165, 1.54) is 5.56 Å². The Labute approximate surface area is 247 Å². The summed E-state index contributed by atoms with van der Waals surface area (Å²) >= 11 is 12.8. The van der Waals surface area contributed by atoms with Crippen LogP contribution in [-0.4, -0.2) is 54.8 Å². The SMILES string of the molecule is O=CNC1(c2ccccc2)CCN(CCCC2(c3ccc(Cl)c(Cl)c3)CCCN(C(=O)c3ccccc3)C2)CC1. The van der Waals surface area contributed by atoms with Crippen molar-refractivity contribution in [3.05, 3.63) is 106 Å². The minimum absolute atomic E-state index is 0.0840. The lowest BCUT2D eigenvalue weighted by molar-refractivity contribution is -0.112. The summed E-state index contributed by atoms with van der Waals surface area (Å²) in [7, 11) is 0. The number of carbonyl (C=O) groups is 2. The fourth-order valence-corrected chi connectivity index (χ4v) is 6.96. The molecule has 7 heteroatoms. The summed E-state index contributed by atoms with van der Waals surface area (Å²) in [6.07, 6.45) is 6.52. The van der Waals surface area contributed by atoms with E-state index >= 15 is 0 Å². The van der Waals surface area contributed by atoms with Crippen molar-refractivity contribution in [2.45, 2.75) is 49.5 Å². The van der Waals surface area contributed by atoms with Crippen molar-refractivity contribution in [2.24, 2.45) is 0 Å². The molecule has 2 amide bonds. The zero-order valence-electron chi connectivity index (χ0n) is 22.8. The lowest BCUT2D eigenvalue weighted by atomic mass is 9.70.